The second kappa shape index (κ2) is 6.29. The summed E-state index contributed by atoms with van der Waals surface area (Å²) in [4.78, 5) is 42.6. The van der Waals surface area contributed by atoms with Crippen LogP contribution >= 0.6 is 0 Å². The lowest BCUT2D eigenvalue weighted by atomic mass is 10.0. The van der Waals surface area contributed by atoms with E-state index in [-0.39, 0.29) is 42.0 Å². The number of fused-ring (bicyclic) bond motifs is 1. The van der Waals surface area contributed by atoms with Crippen molar-refractivity contribution in [3.05, 3.63) is 34.2 Å². The number of hydrogen-bond donors (Lipinski definition) is 1. The fraction of sp³-hybridized carbons (Fsp3) is 0.562. The molecule has 25 heavy (non-hydrogen) atoms. The summed E-state index contributed by atoms with van der Waals surface area (Å²) >= 11 is 0. The first-order valence-electron chi connectivity index (χ1n) is 8.21. The van der Waals surface area contributed by atoms with Crippen molar-refractivity contribution in [1.29, 1.82) is 0 Å². The minimum absolute atomic E-state index is 0.0193. The van der Waals surface area contributed by atoms with Crippen molar-refractivity contribution in [2.75, 3.05) is 24.6 Å². The first-order chi connectivity index (χ1) is 11.7. The normalized spacial score (nSPS) is 25.1. The fourth-order valence-electron chi connectivity index (χ4n) is 3.56. The highest BCUT2D eigenvalue weighted by atomic mass is 32.2. The third-order valence-electron chi connectivity index (χ3n) is 4.76. The van der Waals surface area contributed by atoms with E-state index in [2.05, 4.69) is 4.98 Å². The van der Waals surface area contributed by atoms with Crippen LogP contribution in [0.25, 0.3) is 0 Å². The van der Waals surface area contributed by atoms with Crippen LogP contribution in [0, 0.1) is 5.92 Å². The van der Waals surface area contributed by atoms with Gasteiger partial charge >= 0.3 is 0 Å². The molecule has 0 bridgehead atoms. The molecule has 0 spiro atoms. The maximum atomic E-state index is 12.8. The third kappa shape index (κ3) is 3.20. The summed E-state index contributed by atoms with van der Waals surface area (Å²) in [6, 6.07) is 1.80. The molecule has 0 unspecified atom stereocenters. The smallest absolute Gasteiger partial charge is 0.260 e. The molecule has 0 aromatic carbocycles. The zero-order valence-corrected chi connectivity index (χ0v) is 15.0. The Morgan fingerprint density at radius 1 is 1.16 bits per heavy atom. The average molecular weight is 367 g/mol. The number of nitrogens with zero attached hydrogens (tertiary/aromatic N) is 2. The monoisotopic (exact) mass is 367 g/mol. The first-order valence-corrected chi connectivity index (χ1v) is 10.0. The molecule has 0 saturated carbocycles. The number of sulfone groups is 1. The number of piperazine rings is 1. The number of carbonyl (C=O) groups excluding carboxylic acids is 2. The van der Waals surface area contributed by atoms with Gasteiger partial charge in [-0.2, -0.15) is 0 Å². The molecule has 2 amide bonds. The quantitative estimate of drug-likeness (QED) is 0.757. The summed E-state index contributed by atoms with van der Waals surface area (Å²) in [6.45, 7) is 4.01. The molecule has 1 aromatic heterocycles. The molecule has 136 valence electrons. The number of carbonyl (C=O) groups is 2. The Bertz CT molecular complexity index is 861. The van der Waals surface area contributed by atoms with E-state index in [0.29, 0.717) is 0 Å². The lowest BCUT2D eigenvalue weighted by Gasteiger charge is -2.44. The lowest BCUT2D eigenvalue weighted by Crippen LogP contribution is -2.62. The highest BCUT2D eigenvalue weighted by Crippen LogP contribution is 2.28. The van der Waals surface area contributed by atoms with Gasteiger partial charge in [-0.25, -0.2) is 8.42 Å². The number of amides is 2. The largest absolute Gasteiger partial charge is 0.335 e. The second-order valence-electron chi connectivity index (χ2n) is 6.81. The minimum Gasteiger partial charge on any atom is -0.335 e. The van der Waals surface area contributed by atoms with E-state index in [4.69, 9.17) is 0 Å². The minimum atomic E-state index is -3.35. The number of rotatable bonds is 2. The standard InChI is InChI=1S/C16H21N3O5S/c1-10(2)15(21)18-6-7-19(13-9-25(23,24)8-12(13)18)16(22)11-4-3-5-17-14(11)20/h3-5,10,12-13H,6-9H2,1-2H3,(H,17,20)/t12-,13+/m1/s1. The Morgan fingerprint density at radius 2 is 1.76 bits per heavy atom. The van der Waals surface area contributed by atoms with Crippen molar-refractivity contribution >= 4 is 21.7 Å². The van der Waals surface area contributed by atoms with Crippen molar-refractivity contribution in [2.45, 2.75) is 25.9 Å². The zero-order chi connectivity index (χ0) is 18.4. The van der Waals surface area contributed by atoms with E-state index in [1.807, 2.05) is 0 Å². The Balaban J connectivity index is 1.94. The van der Waals surface area contributed by atoms with E-state index < -0.39 is 33.4 Å². The van der Waals surface area contributed by atoms with Crippen molar-refractivity contribution in [3.63, 3.8) is 0 Å². The van der Waals surface area contributed by atoms with Crippen LogP contribution in [-0.4, -0.2) is 71.7 Å². The van der Waals surface area contributed by atoms with Gasteiger partial charge in [0.25, 0.3) is 11.5 Å². The molecule has 1 aromatic rings. The zero-order valence-electron chi connectivity index (χ0n) is 14.1. The van der Waals surface area contributed by atoms with Gasteiger partial charge in [-0.05, 0) is 12.1 Å². The molecule has 2 fully saturated rings. The molecule has 0 aliphatic carbocycles. The molecule has 2 aliphatic rings. The molecule has 8 nitrogen and oxygen atoms in total. The Morgan fingerprint density at radius 3 is 2.36 bits per heavy atom. The number of H-pyrrole nitrogens is 1. The van der Waals surface area contributed by atoms with Crippen LogP contribution in [0.4, 0.5) is 0 Å². The molecule has 3 rings (SSSR count). The molecule has 2 aliphatic heterocycles. The van der Waals surface area contributed by atoms with Gasteiger partial charge in [0.15, 0.2) is 9.84 Å². The van der Waals surface area contributed by atoms with E-state index in [9.17, 15) is 22.8 Å². The van der Waals surface area contributed by atoms with Crippen LogP contribution < -0.4 is 5.56 Å². The van der Waals surface area contributed by atoms with Gasteiger partial charge in [-0.3, -0.25) is 14.4 Å². The van der Waals surface area contributed by atoms with Crippen LogP contribution in [0.1, 0.15) is 24.2 Å². The summed E-state index contributed by atoms with van der Waals surface area (Å²) in [5, 5.41) is 0. The highest BCUT2D eigenvalue weighted by Gasteiger charge is 2.49. The van der Waals surface area contributed by atoms with Gasteiger partial charge in [0.1, 0.15) is 5.56 Å². The SMILES string of the molecule is CC(C)C(=O)N1CCN(C(=O)c2ccc[nH]c2=O)[C@H]2CS(=O)(=O)C[C@H]21. The van der Waals surface area contributed by atoms with E-state index in [1.165, 1.54) is 17.2 Å². The maximum absolute atomic E-state index is 12.8. The Kier molecular flexibility index (Phi) is 4.44. The molecule has 2 atom stereocenters. The summed E-state index contributed by atoms with van der Waals surface area (Å²) < 4.78 is 24.3. The molecule has 1 N–H and O–H groups in total. The van der Waals surface area contributed by atoms with Crippen LogP contribution in [0.3, 0.4) is 0 Å². The van der Waals surface area contributed by atoms with Gasteiger partial charge in [-0.15, -0.1) is 0 Å². The summed E-state index contributed by atoms with van der Waals surface area (Å²) in [6.07, 6.45) is 1.43. The molecule has 2 saturated heterocycles. The maximum Gasteiger partial charge on any atom is 0.260 e. The number of nitrogens with one attached hydrogen (secondary N) is 1. The molecular weight excluding hydrogens is 346 g/mol. The van der Waals surface area contributed by atoms with Gasteiger partial charge < -0.3 is 14.8 Å². The second-order valence-corrected chi connectivity index (χ2v) is 8.96. The summed E-state index contributed by atoms with van der Waals surface area (Å²) in [5.41, 5.74) is -0.528. The van der Waals surface area contributed by atoms with Crippen LogP contribution in [0.5, 0.6) is 0 Å². The molecule has 3 heterocycles. The average Bonchev–Trinajstić information content (AvgIpc) is 2.87. The number of hydrogen-bond acceptors (Lipinski definition) is 5. The number of pyridine rings is 1. The molecule has 0 radical (unpaired) electrons. The van der Waals surface area contributed by atoms with Crippen molar-refractivity contribution in [1.82, 2.24) is 14.8 Å². The van der Waals surface area contributed by atoms with Gasteiger partial charge in [-0.1, -0.05) is 13.8 Å². The van der Waals surface area contributed by atoms with Gasteiger partial charge in [0.2, 0.25) is 5.91 Å². The first kappa shape index (κ1) is 17.7. The Labute approximate surface area is 145 Å². The predicted octanol–water partition coefficient (Wildman–Crippen LogP) is -0.519. The van der Waals surface area contributed by atoms with Gasteiger partial charge in [0.05, 0.1) is 23.6 Å². The summed E-state index contributed by atoms with van der Waals surface area (Å²) in [7, 11) is -3.35. The predicted molar refractivity (Wildman–Crippen MR) is 90.9 cm³/mol. The van der Waals surface area contributed by atoms with E-state index in [1.54, 1.807) is 24.8 Å². The summed E-state index contributed by atoms with van der Waals surface area (Å²) in [5.74, 6) is -1.19. The number of aromatic amines is 1. The van der Waals surface area contributed by atoms with Crippen molar-refractivity contribution in [2.24, 2.45) is 5.92 Å². The Hall–Kier alpha value is -2.16. The third-order valence-corrected chi connectivity index (χ3v) is 6.46. The van der Waals surface area contributed by atoms with Crippen molar-refractivity contribution in [3.8, 4) is 0 Å². The van der Waals surface area contributed by atoms with Crippen LogP contribution in [0.2, 0.25) is 0 Å². The highest BCUT2D eigenvalue weighted by molar-refractivity contribution is 7.91. The fourth-order valence-corrected chi connectivity index (χ4v) is 5.54. The topological polar surface area (TPSA) is 108 Å². The van der Waals surface area contributed by atoms with Crippen molar-refractivity contribution < 1.29 is 18.0 Å². The van der Waals surface area contributed by atoms with E-state index >= 15 is 0 Å². The molecule has 9 heteroatoms. The van der Waals surface area contributed by atoms with Crippen LogP contribution in [-0.2, 0) is 14.6 Å². The van der Waals surface area contributed by atoms with Crippen LogP contribution in [0.15, 0.2) is 23.1 Å². The van der Waals surface area contributed by atoms with Gasteiger partial charge in [0, 0.05) is 25.2 Å². The van der Waals surface area contributed by atoms with E-state index in [0.717, 1.165) is 0 Å². The lowest BCUT2D eigenvalue weighted by molar-refractivity contribution is -0.139. The number of aromatic nitrogens is 1. The molecular formula is C16H21N3O5S.